The van der Waals surface area contributed by atoms with Crippen LogP contribution >= 0.6 is 0 Å². The second-order valence-electron chi connectivity index (χ2n) is 7.92. The number of carbonyl (C=O) groups excluding carboxylic acids is 1. The molecule has 30 heavy (non-hydrogen) atoms. The molecular formula is C24H28N4O2. The molecule has 1 atom stereocenters. The van der Waals surface area contributed by atoms with Gasteiger partial charge in [-0.1, -0.05) is 65.3 Å². The number of piperazine rings is 1. The van der Waals surface area contributed by atoms with Crippen molar-refractivity contribution in [1.82, 2.24) is 20.3 Å². The van der Waals surface area contributed by atoms with E-state index in [-0.39, 0.29) is 11.9 Å². The smallest absolute Gasteiger partial charge is 0.273 e. The summed E-state index contributed by atoms with van der Waals surface area (Å²) in [4.78, 5) is 17.5. The minimum absolute atomic E-state index is 0.128. The zero-order valence-electron chi connectivity index (χ0n) is 17.5. The molecule has 4 rings (SSSR count). The summed E-state index contributed by atoms with van der Waals surface area (Å²) in [5, 5.41) is 7.04. The van der Waals surface area contributed by atoms with Gasteiger partial charge in [0.2, 0.25) is 0 Å². The number of hydrogen-bond acceptors (Lipinski definition) is 5. The topological polar surface area (TPSA) is 61.6 Å². The highest BCUT2D eigenvalue weighted by molar-refractivity contribution is 5.93. The fourth-order valence-corrected chi connectivity index (χ4v) is 3.78. The van der Waals surface area contributed by atoms with Gasteiger partial charge in [-0.05, 0) is 19.5 Å². The number of benzene rings is 2. The van der Waals surface area contributed by atoms with Crippen LogP contribution in [0.15, 0.2) is 65.2 Å². The SMILES string of the molecule is Cc1ccc(C(CNC(=O)c2cc(-c3ccccc3)on2)N2CCN(C)CC2)cc1. The maximum Gasteiger partial charge on any atom is 0.273 e. The summed E-state index contributed by atoms with van der Waals surface area (Å²) in [5.74, 6) is 0.377. The summed E-state index contributed by atoms with van der Waals surface area (Å²) < 4.78 is 5.38. The van der Waals surface area contributed by atoms with Crippen LogP contribution in [0.5, 0.6) is 0 Å². The van der Waals surface area contributed by atoms with E-state index in [1.54, 1.807) is 6.07 Å². The van der Waals surface area contributed by atoms with Gasteiger partial charge in [-0.2, -0.15) is 0 Å². The molecule has 2 aromatic carbocycles. The van der Waals surface area contributed by atoms with Crippen LogP contribution in [0.4, 0.5) is 0 Å². The Morgan fingerprint density at radius 1 is 1.07 bits per heavy atom. The van der Waals surface area contributed by atoms with E-state index < -0.39 is 0 Å². The third kappa shape index (κ3) is 4.78. The highest BCUT2D eigenvalue weighted by Crippen LogP contribution is 2.23. The molecule has 0 radical (unpaired) electrons. The van der Waals surface area contributed by atoms with Crippen molar-refractivity contribution in [2.75, 3.05) is 39.8 Å². The zero-order valence-corrected chi connectivity index (χ0v) is 17.5. The average Bonchev–Trinajstić information content (AvgIpc) is 3.27. The van der Waals surface area contributed by atoms with Gasteiger partial charge in [0.05, 0.1) is 6.04 Å². The zero-order chi connectivity index (χ0) is 20.9. The van der Waals surface area contributed by atoms with Crippen molar-refractivity contribution < 1.29 is 9.32 Å². The molecule has 1 amide bonds. The van der Waals surface area contributed by atoms with Crippen LogP contribution < -0.4 is 5.32 Å². The molecule has 2 heterocycles. The van der Waals surface area contributed by atoms with E-state index in [1.807, 2.05) is 30.3 Å². The Labute approximate surface area is 177 Å². The van der Waals surface area contributed by atoms with Crippen LogP contribution in [0.2, 0.25) is 0 Å². The third-order valence-corrected chi connectivity index (χ3v) is 5.70. The molecule has 1 unspecified atom stereocenters. The number of amides is 1. The maximum atomic E-state index is 12.8. The van der Waals surface area contributed by atoms with Crippen LogP contribution in [0.1, 0.15) is 27.7 Å². The van der Waals surface area contributed by atoms with Gasteiger partial charge < -0.3 is 14.7 Å². The van der Waals surface area contributed by atoms with E-state index in [2.05, 4.69) is 58.5 Å². The highest BCUT2D eigenvalue weighted by atomic mass is 16.5. The van der Waals surface area contributed by atoms with Crippen molar-refractivity contribution in [3.05, 3.63) is 77.5 Å². The molecule has 1 N–H and O–H groups in total. The summed E-state index contributed by atoms with van der Waals surface area (Å²) in [6, 6.07) is 20.1. The number of rotatable bonds is 6. The van der Waals surface area contributed by atoms with Crippen LogP contribution in [0.25, 0.3) is 11.3 Å². The lowest BCUT2D eigenvalue weighted by Crippen LogP contribution is -2.48. The number of hydrogen-bond donors (Lipinski definition) is 1. The van der Waals surface area contributed by atoms with Crippen molar-refractivity contribution >= 4 is 5.91 Å². The van der Waals surface area contributed by atoms with E-state index >= 15 is 0 Å². The van der Waals surface area contributed by atoms with Gasteiger partial charge >= 0.3 is 0 Å². The molecule has 1 aliphatic heterocycles. The second-order valence-corrected chi connectivity index (χ2v) is 7.92. The quantitative estimate of drug-likeness (QED) is 0.683. The number of carbonyl (C=O) groups is 1. The molecule has 0 bridgehead atoms. The largest absolute Gasteiger partial charge is 0.355 e. The van der Waals surface area contributed by atoms with E-state index in [0.29, 0.717) is 18.0 Å². The summed E-state index contributed by atoms with van der Waals surface area (Å²) in [7, 11) is 2.15. The Hall–Kier alpha value is -2.96. The number of nitrogens with zero attached hydrogens (tertiary/aromatic N) is 3. The van der Waals surface area contributed by atoms with Crippen LogP contribution in [-0.4, -0.2) is 60.6 Å². The predicted octanol–water partition coefficient (Wildman–Crippen LogP) is 3.37. The van der Waals surface area contributed by atoms with Crippen molar-refractivity contribution in [2.45, 2.75) is 13.0 Å². The molecule has 3 aromatic rings. The predicted molar refractivity (Wildman–Crippen MR) is 117 cm³/mol. The normalized spacial score (nSPS) is 16.3. The van der Waals surface area contributed by atoms with E-state index in [1.165, 1.54) is 11.1 Å². The van der Waals surface area contributed by atoms with Crippen LogP contribution in [-0.2, 0) is 0 Å². The van der Waals surface area contributed by atoms with Gasteiger partial charge in [0, 0.05) is 44.4 Å². The van der Waals surface area contributed by atoms with Gasteiger partial charge in [-0.25, -0.2) is 0 Å². The Morgan fingerprint density at radius 3 is 2.47 bits per heavy atom. The molecule has 1 aromatic heterocycles. The molecule has 156 valence electrons. The molecule has 1 saturated heterocycles. The Morgan fingerprint density at radius 2 is 1.77 bits per heavy atom. The minimum atomic E-state index is -0.216. The fourth-order valence-electron chi connectivity index (χ4n) is 3.78. The first-order valence-electron chi connectivity index (χ1n) is 10.4. The lowest BCUT2D eigenvalue weighted by Gasteiger charge is -2.38. The molecule has 1 aliphatic rings. The maximum absolute atomic E-state index is 12.8. The lowest BCUT2D eigenvalue weighted by molar-refractivity contribution is 0.0878. The van der Waals surface area contributed by atoms with Crippen LogP contribution in [0.3, 0.4) is 0 Å². The summed E-state index contributed by atoms with van der Waals surface area (Å²) in [6.45, 7) is 6.63. The molecule has 0 saturated carbocycles. The van der Waals surface area contributed by atoms with Gasteiger partial charge in [-0.3, -0.25) is 9.69 Å². The number of likely N-dealkylation sites (N-methyl/N-ethyl adjacent to an activating group) is 1. The molecular weight excluding hydrogens is 376 g/mol. The number of nitrogens with one attached hydrogen (secondary N) is 1. The monoisotopic (exact) mass is 404 g/mol. The molecule has 6 heteroatoms. The van der Waals surface area contributed by atoms with Gasteiger partial charge in [-0.15, -0.1) is 0 Å². The number of aromatic nitrogens is 1. The van der Waals surface area contributed by atoms with Crippen molar-refractivity contribution in [1.29, 1.82) is 0 Å². The van der Waals surface area contributed by atoms with Gasteiger partial charge in [0.25, 0.3) is 5.91 Å². The first kappa shape index (κ1) is 20.3. The molecule has 0 aliphatic carbocycles. The second kappa shape index (κ2) is 9.24. The van der Waals surface area contributed by atoms with Crippen molar-refractivity contribution in [2.24, 2.45) is 0 Å². The summed E-state index contributed by atoms with van der Waals surface area (Å²) in [5.41, 5.74) is 3.65. The molecule has 1 fully saturated rings. The Balaban J connectivity index is 1.46. The fraction of sp³-hybridized carbons (Fsp3) is 0.333. The third-order valence-electron chi connectivity index (χ3n) is 5.70. The summed E-state index contributed by atoms with van der Waals surface area (Å²) >= 11 is 0. The van der Waals surface area contributed by atoms with Crippen molar-refractivity contribution in [3.8, 4) is 11.3 Å². The number of aryl methyl sites for hydroxylation is 1. The van der Waals surface area contributed by atoms with Gasteiger partial charge in [0.15, 0.2) is 11.5 Å². The summed E-state index contributed by atoms with van der Waals surface area (Å²) in [6.07, 6.45) is 0. The first-order valence-corrected chi connectivity index (χ1v) is 10.4. The van der Waals surface area contributed by atoms with E-state index in [4.69, 9.17) is 4.52 Å². The molecule has 6 nitrogen and oxygen atoms in total. The van der Waals surface area contributed by atoms with Gasteiger partial charge in [0.1, 0.15) is 0 Å². The Bertz CT molecular complexity index is 960. The Kier molecular flexibility index (Phi) is 6.26. The van der Waals surface area contributed by atoms with E-state index in [0.717, 1.165) is 31.7 Å². The molecule has 0 spiro atoms. The minimum Gasteiger partial charge on any atom is -0.355 e. The first-order chi connectivity index (χ1) is 14.6. The van der Waals surface area contributed by atoms with Crippen LogP contribution in [0, 0.1) is 6.92 Å². The van der Waals surface area contributed by atoms with E-state index in [9.17, 15) is 4.79 Å². The lowest BCUT2D eigenvalue weighted by atomic mass is 10.0. The highest BCUT2D eigenvalue weighted by Gasteiger charge is 2.25. The van der Waals surface area contributed by atoms with Crippen molar-refractivity contribution in [3.63, 3.8) is 0 Å². The standard InChI is InChI=1S/C24H28N4O2/c1-18-8-10-19(11-9-18)22(28-14-12-27(2)13-15-28)17-25-24(29)21-16-23(30-26-21)20-6-4-3-5-7-20/h3-11,16,22H,12-15,17H2,1-2H3,(H,25,29). The average molecular weight is 405 g/mol.